The highest BCUT2D eigenvalue weighted by Gasteiger charge is 2.61. The zero-order chi connectivity index (χ0) is 20.2. The first-order chi connectivity index (χ1) is 14.0. The van der Waals surface area contributed by atoms with E-state index >= 15 is 0 Å². The van der Waals surface area contributed by atoms with Crippen LogP contribution in [0.2, 0.25) is 0 Å². The Kier molecular flexibility index (Phi) is 6.01. The molecule has 4 saturated carbocycles. The summed E-state index contributed by atoms with van der Waals surface area (Å²) in [6.07, 6.45) is 15.8. The van der Waals surface area contributed by atoms with Crippen LogP contribution in [-0.4, -0.2) is 30.7 Å². The molecule has 30 heavy (non-hydrogen) atoms. The molecule has 5 rings (SSSR count). The third-order valence-corrected chi connectivity index (χ3v) is 9.82. The maximum Gasteiger partial charge on any atom is 0.141 e. The van der Waals surface area contributed by atoms with Crippen molar-refractivity contribution in [2.24, 2.45) is 45.6 Å². The van der Waals surface area contributed by atoms with Gasteiger partial charge in [-0.25, -0.2) is 0 Å². The third-order valence-electron chi connectivity index (χ3n) is 9.82. The summed E-state index contributed by atoms with van der Waals surface area (Å²) in [4.78, 5) is 18.5. The fourth-order valence-electron chi connectivity index (χ4n) is 8.05. The number of nitrogens with zero attached hydrogens (tertiary/aromatic N) is 1. The zero-order valence-electron chi connectivity index (χ0n) is 18.5. The highest BCUT2D eigenvalue weighted by Crippen LogP contribution is 2.66. The zero-order valence-corrected chi connectivity index (χ0v) is 19.3. The van der Waals surface area contributed by atoms with Gasteiger partial charge < -0.3 is 10.2 Å². The van der Waals surface area contributed by atoms with E-state index in [1.165, 1.54) is 18.6 Å². The molecule has 4 aliphatic carbocycles. The van der Waals surface area contributed by atoms with Crippen LogP contribution in [-0.2, 0) is 9.63 Å². The van der Waals surface area contributed by atoms with Crippen LogP contribution in [0.1, 0.15) is 71.6 Å². The lowest BCUT2D eigenvalue weighted by Gasteiger charge is -2.61. The first kappa shape index (κ1) is 22.2. The molecule has 0 radical (unpaired) electrons. The Balaban J connectivity index is 0.00000218. The van der Waals surface area contributed by atoms with Crippen molar-refractivity contribution in [1.82, 2.24) is 5.32 Å². The van der Waals surface area contributed by atoms with Gasteiger partial charge in [-0.2, -0.15) is 0 Å². The molecule has 1 N–H and O–H groups in total. The van der Waals surface area contributed by atoms with Gasteiger partial charge in [0.25, 0.3) is 0 Å². The molecule has 5 aliphatic rings. The summed E-state index contributed by atoms with van der Waals surface area (Å²) in [5, 5.41) is 7.94. The number of hydrogen-bond acceptors (Lipinski definition) is 4. The van der Waals surface area contributed by atoms with Crippen LogP contribution in [0, 0.1) is 52.8 Å². The molecular weight excluding hydrogens is 396 g/mol. The summed E-state index contributed by atoms with van der Waals surface area (Å²) >= 11 is 0. The lowest BCUT2D eigenvalue weighted by atomic mass is 9.43. The van der Waals surface area contributed by atoms with Gasteiger partial charge in [0, 0.05) is 30.7 Å². The lowest BCUT2D eigenvalue weighted by Crippen LogP contribution is -2.56. The molecule has 1 aliphatic heterocycles. The van der Waals surface area contributed by atoms with E-state index in [4.69, 9.17) is 11.3 Å². The van der Waals surface area contributed by atoms with Gasteiger partial charge in [-0.3, -0.25) is 4.79 Å². The number of carbonyl (C=O) groups excluding carboxylic acids is 1. The monoisotopic (exact) mass is 432 g/mol. The van der Waals surface area contributed by atoms with Gasteiger partial charge >= 0.3 is 0 Å². The number of fused-ring (bicyclic) bond motifs is 5. The van der Waals surface area contributed by atoms with Crippen LogP contribution in [0.5, 0.6) is 0 Å². The minimum Gasteiger partial charge on any atom is -0.391 e. The van der Waals surface area contributed by atoms with E-state index in [9.17, 15) is 4.79 Å². The van der Waals surface area contributed by atoms with E-state index in [0.717, 1.165) is 58.0 Å². The number of halogens is 1. The second-order valence-corrected chi connectivity index (χ2v) is 11.0. The molecule has 5 heteroatoms. The molecule has 1 heterocycles. The van der Waals surface area contributed by atoms with Crippen LogP contribution < -0.4 is 5.32 Å². The summed E-state index contributed by atoms with van der Waals surface area (Å²) in [5.74, 6) is 6.41. The number of nitrogens with one attached hydrogen (secondary N) is 1. The molecule has 0 aromatic carbocycles. The minimum absolute atomic E-state index is 0. The van der Waals surface area contributed by atoms with E-state index in [-0.39, 0.29) is 29.3 Å². The Morgan fingerprint density at radius 1 is 1.13 bits per heavy atom. The maximum atomic E-state index is 12.7. The molecule has 0 aromatic rings. The topological polar surface area (TPSA) is 50.7 Å². The van der Waals surface area contributed by atoms with Crippen LogP contribution >= 0.6 is 12.4 Å². The molecule has 166 valence electrons. The van der Waals surface area contributed by atoms with Crippen molar-refractivity contribution in [2.45, 2.75) is 77.7 Å². The molecule has 0 spiro atoms. The van der Waals surface area contributed by atoms with Crippen LogP contribution in [0.4, 0.5) is 0 Å². The van der Waals surface area contributed by atoms with Crippen LogP contribution in [0.3, 0.4) is 0 Å². The van der Waals surface area contributed by atoms with E-state index < -0.39 is 0 Å². The minimum atomic E-state index is -0.0754. The Morgan fingerprint density at radius 3 is 2.70 bits per heavy atom. The fraction of sp³-hybridized carbons (Fsp3) is 0.840. The quantitative estimate of drug-likeness (QED) is 0.511. The number of oxime groups is 1. The molecule has 8 atom stereocenters. The molecule has 5 fully saturated rings. The average Bonchev–Trinajstić information content (AvgIpc) is 3.34. The van der Waals surface area contributed by atoms with Crippen molar-refractivity contribution in [3.63, 3.8) is 0 Å². The molecule has 1 unspecified atom stereocenters. The van der Waals surface area contributed by atoms with Crippen molar-refractivity contribution >= 4 is 23.9 Å². The van der Waals surface area contributed by atoms with E-state index in [2.05, 4.69) is 30.2 Å². The summed E-state index contributed by atoms with van der Waals surface area (Å²) in [7, 11) is 0. The van der Waals surface area contributed by atoms with Crippen LogP contribution in [0.25, 0.3) is 0 Å². The predicted molar refractivity (Wildman–Crippen MR) is 121 cm³/mol. The SMILES string of the molecule is C#C[C@H]1C[C@@H]2[C@H](CC[C@]3(C)C(=O)CC[C@@H]23)[C@@]2(C)CCC(=NO[C@@H]3CCNC3)CC12.Cl. The molecule has 0 amide bonds. The largest absolute Gasteiger partial charge is 0.391 e. The summed E-state index contributed by atoms with van der Waals surface area (Å²) in [5.41, 5.74) is 1.42. The average molecular weight is 433 g/mol. The standard InChI is InChI=1S/C25H36N2O2.ClH/c1-4-16-13-19-20-5-6-23(28)25(20,3)11-8-21(19)24(2)10-7-17(14-22(16)24)27-29-18-9-12-26-15-18;/h1,16,18-22,26H,5-15H2,2-3H3;1H/t16-,18+,19-,20-,21-,22?,24+,25-;/m0./s1. The van der Waals surface area contributed by atoms with Gasteiger partial charge in [0.05, 0.1) is 5.71 Å². The normalized spacial score (nSPS) is 48.8. The Labute approximate surface area is 187 Å². The van der Waals surface area contributed by atoms with E-state index in [1.54, 1.807) is 0 Å². The smallest absolute Gasteiger partial charge is 0.141 e. The van der Waals surface area contributed by atoms with Gasteiger partial charge in [-0.1, -0.05) is 19.0 Å². The molecule has 1 saturated heterocycles. The summed E-state index contributed by atoms with van der Waals surface area (Å²) in [6, 6.07) is 0. The number of ketones is 1. The highest BCUT2D eigenvalue weighted by atomic mass is 35.5. The first-order valence-electron chi connectivity index (χ1n) is 11.9. The number of carbonyl (C=O) groups is 1. The Hall–Kier alpha value is -1.05. The highest BCUT2D eigenvalue weighted by molar-refractivity contribution is 5.87. The van der Waals surface area contributed by atoms with Gasteiger partial charge in [-0.15, -0.1) is 24.8 Å². The molecule has 0 aromatic heterocycles. The number of Topliss-reactive ketones (excluding diaryl/α,β-unsaturated/α-hetero) is 1. The summed E-state index contributed by atoms with van der Waals surface area (Å²) in [6.45, 7) is 6.70. The second kappa shape index (κ2) is 8.14. The van der Waals surface area contributed by atoms with Crippen molar-refractivity contribution in [2.75, 3.05) is 13.1 Å². The Bertz CT molecular complexity index is 755. The molecular formula is C25H37ClN2O2. The summed E-state index contributed by atoms with van der Waals surface area (Å²) < 4.78 is 0. The van der Waals surface area contributed by atoms with E-state index in [0.29, 0.717) is 35.4 Å². The van der Waals surface area contributed by atoms with Crippen molar-refractivity contribution < 1.29 is 9.63 Å². The number of hydrogen-bond donors (Lipinski definition) is 1. The van der Waals surface area contributed by atoms with Crippen LogP contribution in [0.15, 0.2) is 5.16 Å². The van der Waals surface area contributed by atoms with Gasteiger partial charge in [0.15, 0.2) is 0 Å². The third kappa shape index (κ3) is 3.32. The van der Waals surface area contributed by atoms with Gasteiger partial charge in [-0.05, 0) is 80.6 Å². The second-order valence-electron chi connectivity index (χ2n) is 11.0. The number of rotatable bonds is 2. The van der Waals surface area contributed by atoms with Gasteiger partial charge in [0.1, 0.15) is 11.9 Å². The Morgan fingerprint density at radius 2 is 1.97 bits per heavy atom. The maximum absolute atomic E-state index is 12.7. The lowest BCUT2D eigenvalue weighted by molar-refractivity contribution is -0.139. The van der Waals surface area contributed by atoms with E-state index in [1.807, 2.05) is 0 Å². The molecule has 0 bridgehead atoms. The van der Waals surface area contributed by atoms with Crippen molar-refractivity contribution in [3.8, 4) is 12.3 Å². The van der Waals surface area contributed by atoms with Crippen molar-refractivity contribution in [1.29, 1.82) is 0 Å². The first-order valence-corrected chi connectivity index (χ1v) is 11.9. The number of terminal acetylenes is 1. The van der Waals surface area contributed by atoms with Gasteiger partial charge in [0.2, 0.25) is 0 Å². The van der Waals surface area contributed by atoms with Crippen molar-refractivity contribution in [3.05, 3.63) is 0 Å². The molecule has 4 nitrogen and oxygen atoms in total. The fourth-order valence-corrected chi connectivity index (χ4v) is 8.05. The predicted octanol–water partition coefficient (Wildman–Crippen LogP) is 4.61.